The van der Waals surface area contributed by atoms with Crippen LogP contribution in [0, 0.1) is 0 Å². The van der Waals surface area contributed by atoms with Gasteiger partial charge in [0.2, 0.25) is 0 Å². The molecule has 0 saturated heterocycles. The molecule has 2 nitrogen and oxygen atoms in total. The van der Waals surface area contributed by atoms with E-state index >= 15 is 0 Å². The van der Waals surface area contributed by atoms with Crippen LogP contribution in [0.25, 0.3) is 0 Å². The molecule has 2 N–H and O–H groups in total. The summed E-state index contributed by atoms with van der Waals surface area (Å²) < 4.78 is 0. The second-order valence-corrected chi connectivity index (χ2v) is 5.11. The van der Waals surface area contributed by atoms with Crippen LogP contribution in [0.2, 0.25) is 0 Å². The molecule has 1 fully saturated rings. The summed E-state index contributed by atoms with van der Waals surface area (Å²) in [5, 5.41) is 6.91. The molecule has 17 heavy (non-hydrogen) atoms. The molecule has 1 aromatic carbocycles. The van der Waals surface area contributed by atoms with Crippen molar-refractivity contribution in [3.63, 3.8) is 0 Å². The maximum atomic E-state index is 3.64. The van der Waals surface area contributed by atoms with Crippen LogP contribution in [-0.2, 0) is 0 Å². The van der Waals surface area contributed by atoms with E-state index in [-0.39, 0.29) is 0 Å². The van der Waals surface area contributed by atoms with Gasteiger partial charge in [0.15, 0.2) is 0 Å². The SMILES string of the molecule is CNC(C)c1ccc(NC2CCCCC2)cc1. The summed E-state index contributed by atoms with van der Waals surface area (Å²) in [6, 6.07) is 9.96. The van der Waals surface area contributed by atoms with Gasteiger partial charge in [0.25, 0.3) is 0 Å². The maximum absolute atomic E-state index is 3.64. The Labute approximate surface area is 105 Å². The average Bonchev–Trinajstić information content (AvgIpc) is 2.40. The standard InChI is InChI=1S/C15H24N2/c1-12(16-2)13-8-10-15(11-9-13)17-14-6-4-3-5-7-14/h8-12,14,16-17H,3-7H2,1-2H3. The molecule has 0 radical (unpaired) electrons. The first kappa shape index (κ1) is 12.4. The molecule has 94 valence electrons. The molecule has 0 aliphatic heterocycles. The Balaban J connectivity index is 1.93. The second-order valence-electron chi connectivity index (χ2n) is 5.11. The second kappa shape index (κ2) is 6.06. The number of hydrogen-bond acceptors (Lipinski definition) is 2. The first-order valence-electron chi connectivity index (χ1n) is 6.83. The highest BCUT2D eigenvalue weighted by molar-refractivity contribution is 5.46. The molecule has 1 aliphatic carbocycles. The summed E-state index contributed by atoms with van der Waals surface area (Å²) in [6.07, 6.45) is 6.83. The van der Waals surface area contributed by atoms with Crippen LogP contribution < -0.4 is 10.6 Å². The summed E-state index contributed by atoms with van der Waals surface area (Å²) in [5.74, 6) is 0. The van der Waals surface area contributed by atoms with Crippen molar-refractivity contribution in [1.29, 1.82) is 0 Å². The summed E-state index contributed by atoms with van der Waals surface area (Å²) in [4.78, 5) is 0. The van der Waals surface area contributed by atoms with Crippen molar-refractivity contribution in [2.24, 2.45) is 0 Å². The lowest BCUT2D eigenvalue weighted by molar-refractivity contribution is 0.463. The van der Waals surface area contributed by atoms with Gasteiger partial charge in [0.05, 0.1) is 0 Å². The summed E-state index contributed by atoms with van der Waals surface area (Å²) >= 11 is 0. The third-order valence-corrected chi connectivity index (χ3v) is 3.82. The molecule has 2 rings (SSSR count). The first-order chi connectivity index (χ1) is 8.29. The molecule has 1 atom stereocenters. The lowest BCUT2D eigenvalue weighted by Crippen LogP contribution is -2.22. The van der Waals surface area contributed by atoms with Gasteiger partial charge in [0, 0.05) is 17.8 Å². The number of nitrogens with one attached hydrogen (secondary N) is 2. The van der Waals surface area contributed by atoms with Crippen molar-refractivity contribution >= 4 is 5.69 Å². The third kappa shape index (κ3) is 3.47. The van der Waals surface area contributed by atoms with Gasteiger partial charge in [-0.05, 0) is 44.5 Å². The van der Waals surface area contributed by atoms with Crippen molar-refractivity contribution in [3.8, 4) is 0 Å². The zero-order chi connectivity index (χ0) is 12.1. The molecular formula is C15H24N2. The topological polar surface area (TPSA) is 24.1 Å². The molecule has 2 heteroatoms. The third-order valence-electron chi connectivity index (χ3n) is 3.82. The van der Waals surface area contributed by atoms with E-state index in [0.717, 1.165) is 0 Å². The van der Waals surface area contributed by atoms with E-state index in [9.17, 15) is 0 Å². The molecule has 1 saturated carbocycles. The predicted octanol–water partition coefficient (Wildman–Crippen LogP) is 3.71. The van der Waals surface area contributed by atoms with Crippen molar-refractivity contribution in [2.75, 3.05) is 12.4 Å². The zero-order valence-electron chi connectivity index (χ0n) is 11.0. The fraction of sp³-hybridized carbons (Fsp3) is 0.600. The highest BCUT2D eigenvalue weighted by atomic mass is 14.9. The Kier molecular flexibility index (Phi) is 4.43. The Bertz CT molecular complexity index is 325. The Morgan fingerprint density at radius 2 is 1.71 bits per heavy atom. The van der Waals surface area contributed by atoms with Crippen LogP contribution in [0.5, 0.6) is 0 Å². The van der Waals surface area contributed by atoms with Gasteiger partial charge in [-0.3, -0.25) is 0 Å². The fourth-order valence-electron chi connectivity index (χ4n) is 2.52. The van der Waals surface area contributed by atoms with Crippen LogP contribution >= 0.6 is 0 Å². The van der Waals surface area contributed by atoms with Crippen LogP contribution in [0.15, 0.2) is 24.3 Å². The summed E-state index contributed by atoms with van der Waals surface area (Å²) in [5.41, 5.74) is 2.62. The Hall–Kier alpha value is -1.02. The average molecular weight is 232 g/mol. The van der Waals surface area contributed by atoms with E-state index < -0.39 is 0 Å². The maximum Gasteiger partial charge on any atom is 0.0342 e. The Morgan fingerprint density at radius 1 is 1.06 bits per heavy atom. The Morgan fingerprint density at radius 3 is 2.29 bits per heavy atom. The molecular weight excluding hydrogens is 208 g/mol. The highest BCUT2D eigenvalue weighted by Gasteiger charge is 2.12. The minimum atomic E-state index is 0.429. The molecule has 1 unspecified atom stereocenters. The van der Waals surface area contributed by atoms with E-state index in [4.69, 9.17) is 0 Å². The summed E-state index contributed by atoms with van der Waals surface area (Å²) in [7, 11) is 2.00. The number of anilines is 1. The molecule has 1 aromatic rings. The van der Waals surface area contributed by atoms with E-state index in [1.54, 1.807) is 0 Å². The van der Waals surface area contributed by atoms with Gasteiger partial charge in [-0.15, -0.1) is 0 Å². The van der Waals surface area contributed by atoms with E-state index in [0.29, 0.717) is 12.1 Å². The van der Waals surface area contributed by atoms with Gasteiger partial charge in [-0.25, -0.2) is 0 Å². The molecule has 0 amide bonds. The van der Waals surface area contributed by atoms with Crippen LogP contribution in [0.4, 0.5) is 5.69 Å². The van der Waals surface area contributed by atoms with E-state index in [2.05, 4.69) is 41.8 Å². The molecule has 1 aliphatic rings. The van der Waals surface area contributed by atoms with Gasteiger partial charge >= 0.3 is 0 Å². The van der Waals surface area contributed by atoms with Crippen molar-refractivity contribution in [1.82, 2.24) is 5.32 Å². The van der Waals surface area contributed by atoms with Crippen LogP contribution in [0.1, 0.15) is 50.6 Å². The lowest BCUT2D eigenvalue weighted by Gasteiger charge is -2.24. The quantitative estimate of drug-likeness (QED) is 0.827. The largest absolute Gasteiger partial charge is 0.382 e. The first-order valence-corrected chi connectivity index (χ1v) is 6.83. The zero-order valence-corrected chi connectivity index (χ0v) is 11.0. The van der Waals surface area contributed by atoms with Crippen LogP contribution in [-0.4, -0.2) is 13.1 Å². The van der Waals surface area contributed by atoms with E-state index in [1.807, 2.05) is 7.05 Å². The van der Waals surface area contributed by atoms with Crippen molar-refractivity contribution in [2.45, 2.75) is 51.1 Å². The van der Waals surface area contributed by atoms with Gasteiger partial charge in [-0.2, -0.15) is 0 Å². The van der Waals surface area contributed by atoms with Gasteiger partial charge < -0.3 is 10.6 Å². The minimum Gasteiger partial charge on any atom is -0.382 e. The molecule has 0 spiro atoms. The van der Waals surface area contributed by atoms with Gasteiger partial charge in [-0.1, -0.05) is 31.4 Å². The lowest BCUT2D eigenvalue weighted by atomic mass is 9.95. The number of rotatable bonds is 4. The number of benzene rings is 1. The molecule has 0 heterocycles. The van der Waals surface area contributed by atoms with Crippen LogP contribution in [0.3, 0.4) is 0 Å². The monoisotopic (exact) mass is 232 g/mol. The number of hydrogen-bond donors (Lipinski definition) is 2. The highest BCUT2D eigenvalue weighted by Crippen LogP contribution is 2.22. The molecule has 0 bridgehead atoms. The normalized spacial score (nSPS) is 18.9. The minimum absolute atomic E-state index is 0.429. The van der Waals surface area contributed by atoms with E-state index in [1.165, 1.54) is 43.4 Å². The van der Waals surface area contributed by atoms with Gasteiger partial charge in [0.1, 0.15) is 0 Å². The predicted molar refractivity (Wildman–Crippen MR) is 74.4 cm³/mol. The fourth-order valence-corrected chi connectivity index (χ4v) is 2.52. The van der Waals surface area contributed by atoms with Crippen molar-refractivity contribution < 1.29 is 0 Å². The van der Waals surface area contributed by atoms with Crippen molar-refractivity contribution in [3.05, 3.63) is 29.8 Å². The smallest absolute Gasteiger partial charge is 0.0342 e. The molecule has 0 aromatic heterocycles. The summed E-state index contributed by atoms with van der Waals surface area (Å²) in [6.45, 7) is 2.18.